The first-order chi connectivity index (χ1) is 3.93. The molecule has 1 aromatic carbocycles. The Morgan fingerprint density at radius 3 is 1.90 bits per heavy atom. The predicted octanol–water partition coefficient (Wildman–Crippen LogP) is -0.935. The van der Waals surface area contributed by atoms with Gasteiger partial charge in [-0.1, -0.05) is 30.3 Å². The van der Waals surface area contributed by atoms with Crippen LogP contribution < -0.4 is 17.0 Å². The van der Waals surface area contributed by atoms with Crippen LogP contribution in [-0.2, 0) is 25.9 Å². The average Bonchev–Trinajstić information content (AvgIpc) is 1.90. The van der Waals surface area contributed by atoms with Crippen molar-refractivity contribution >= 4 is 0 Å². The summed E-state index contributed by atoms with van der Waals surface area (Å²) < 4.78 is 0. The molecule has 0 aliphatic heterocycles. The first-order valence-electron chi connectivity index (χ1n) is 2.76. The Morgan fingerprint density at radius 2 is 1.60 bits per heavy atom. The first kappa shape index (κ1) is 13.0. The second kappa shape index (κ2) is 7.43. The Morgan fingerprint density at radius 1 is 1.10 bits per heavy atom. The van der Waals surface area contributed by atoms with Crippen LogP contribution in [0.3, 0.4) is 0 Å². The molecular formula is C8H9BrZn-. The molecule has 0 spiro atoms. The van der Waals surface area contributed by atoms with Crippen molar-refractivity contribution in [1.82, 2.24) is 0 Å². The largest absolute Gasteiger partial charge is 1.00 e. The van der Waals surface area contributed by atoms with Gasteiger partial charge in [-0.3, -0.25) is 0 Å². The van der Waals surface area contributed by atoms with E-state index in [1.807, 2.05) is 18.2 Å². The zero-order valence-corrected chi connectivity index (χ0v) is 10.4. The molecule has 0 aliphatic rings. The van der Waals surface area contributed by atoms with Gasteiger partial charge in [-0.2, -0.15) is 0 Å². The average molecular weight is 250 g/mol. The summed E-state index contributed by atoms with van der Waals surface area (Å²) in [5, 5.41) is 0. The van der Waals surface area contributed by atoms with Gasteiger partial charge in [0.05, 0.1) is 0 Å². The van der Waals surface area contributed by atoms with Gasteiger partial charge in [-0.15, -0.1) is 0 Å². The Hall–Kier alpha value is 0.323. The predicted molar refractivity (Wildman–Crippen MR) is 35.5 cm³/mol. The van der Waals surface area contributed by atoms with E-state index >= 15 is 0 Å². The van der Waals surface area contributed by atoms with Gasteiger partial charge in [0.2, 0.25) is 0 Å². The Labute approximate surface area is 85.6 Å². The molecule has 51 valence electrons. The molecule has 0 aliphatic carbocycles. The number of rotatable bonds is 1. The van der Waals surface area contributed by atoms with Crippen molar-refractivity contribution in [2.75, 3.05) is 0 Å². The number of halogens is 1. The van der Waals surface area contributed by atoms with Crippen molar-refractivity contribution in [2.24, 2.45) is 0 Å². The second-order valence-corrected chi connectivity index (χ2v) is 1.74. The summed E-state index contributed by atoms with van der Waals surface area (Å²) in [6, 6.07) is 10.2. The third-order valence-corrected chi connectivity index (χ3v) is 1.13. The summed E-state index contributed by atoms with van der Waals surface area (Å²) in [6.07, 6.45) is 0.890. The Balaban J connectivity index is 0. The maximum atomic E-state index is 3.76. The van der Waals surface area contributed by atoms with Crippen LogP contribution in [0.15, 0.2) is 30.3 Å². The Kier molecular flexibility index (Phi) is 9.62. The maximum Gasteiger partial charge on any atom is 0 e. The molecule has 0 saturated heterocycles. The van der Waals surface area contributed by atoms with Crippen LogP contribution in [0.4, 0.5) is 0 Å². The summed E-state index contributed by atoms with van der Waals surface area (Å²) in [5.41, 5.74) is 1.30. The molecule has 1 radical (unpaired) electrons. The van der Waals surface area contributed by atoms with Crippen LogP contribution in [0, 0.1) is 6.92 Å². The Bertz CT molecular complexity index is 151. The van der Waals surface area contributed by atoms with Crippen LogP contribution in [0.1, 0.15) is 5.56 Å². The van der Waals surface area contributed by atoms with Gasteiger partial charge < -0.3 is 17.0 Å². The van der Waals surface area contributed by atoms with Gasteiger partial charge in [0.25, 0.3) is 0 Å². The van der Waals surface area contributed by atoms with E-state index in [0.717, 1.165) is 6.42 Å². The second-order valence-electron chi connectivity index (χ2n) is 1.74. The number of hydrogen-bond donors (Lipinski definition) is 0. The molecule has 0 amide bonds. The standard InChI is InChI=1S/C8H9.BrH.Zn/c1-2-8-6-4-3-5-7-8;;/h3-7H,1-2H2;1H;/p-1. The van der Waals surface area contributed by atoms with E-state index < -0.39 is 0 Å². The van der Waals surface area contributed by atoms with Crippen molar-refractivity contribution in [3.8, 4) is 0 Å². The van der Waals surface area contributed by atoms with Crippen LogP contribution in [0.2, 0.25) is 0 Å². The summed E-state index contributed by atoms with van der Waals surface area (Å²) in [5.74, 6) is 0. The zero-order chi connectivity index (χ0) is 5.82. The number of benzene rings is 1. The third-order valence-electron chi connectivity index (χ3n) is 1.13. The molecule has 0 heterocycles. The van der Waals surface area contributed by atoms with Crippen LogP contribution in [-0.4, -0.2) is 0 Å². The molecule has 1 rings (SSSR count). The van der Waals surface area contributed by atoms with E-state index in [1.165, 1.54) is 5.56 Å². The quantitative estimate of drug-likeness (QED) is 0.565. The fourth-order valence-electron chi connectivity index (χ4n) is 0.645. The van der Waals surface area contributed by atoms with Crippen molar-refractivity contribution in [3.05, 3.63) is 42.8 Å². The fraction of sp³-hybridized carbons (Fsp3) is 0.125. The van der Waals surface area contributed by atoms with Gasteiger partial charge in [0, 0.05) is 19.5 Å². The van der Waals surface area contributed by atoms with E-state index in [1.54, 1.807) is 0 Å². The summed E-state index contributed by atoms with van der Waals surface area (Å²) in [7, 11) is 0. The summed E-state index contributed by atoms with van der Waals surface area (Å²) in [6.45, 7) is 3.76. The minimum absolute atomic E-state index is 0. The van der Waals surface area contributed by atoms with Crippen LogP contribution >= 0.6 is 0 Å². The topological polar surface area (TPSA) is 0 Å². The molecule has 0 unspecified atom stereocenters. The molecule has 0 N–H and O–H groups in total. The molecular weight excluding hydrogens is 241 g/mol. The van der Waals surface area contributed by atoms with Crippen LogP contribution in [0.25, 0.3) is 0 Å². The van der Waals surface area contributed by atoms with Gasteiger partial charge in [-0.25, -0.2) is 0 Å². The van der Waals surface area contributed by atoms with Gasteiger partial charge in [0.15, 0.2) is 0 Å². The van der Waals surface area contributed by atoms with E-state index in [2.05, 4.69) is 19.1 Å². The molecule has 0 atom stereocenters. The molecule has 0 nitrogen and oxygen atoms in total. The summed E-state index contributed by atoms with van der Waals surface area (Å²) in [4.78, 5) is 0. The van der Waals surface area contributed by atoms with Gasteiger partial charge in [-0.05, 0) is 18.9 Å². The van der Waals surface area contributed by atoms with Crippen molar-refractivity contribution in [2.45, 2.75) is 6.42 Å². The zero-order valence-electron chi connectivity index (χ0n) is 5.89. The summed E-state index contributed by atoms with van der Waals surface area (Å²) >= 11 is 0. The molecule has 0 fully saturated rings. The molecule has 0 bridgehead atoms. The molecule has 0 saturated carbocycles. The molecule has 0 aromatic heterocycles. The smallest absolute Gasteiger partial charge is 0 e. The molecule has 2 heteroatoms. The SMILES string of the molecule is [Br-].[CH2]Cc1ccccc1.[Zn]. The van der Waals surface area contributed by atoms with Crippen molar-refractivity contribution < 1.29 is 36.5 Å². The van der Waals surface area contributed by atoms with E-state index in [0.29, 0.717) is 0 Å². The number of hydrogen-bond acceptors (Lipinski definition) is 0. The maximum absolute atomic E-state index is 3.76. The minimum Gasteiger partial charge on any atom is -1.00 e. The van der Waals surface area contributed by atoms with Crippen molar-refractivity contribution in [1.29, 1.82) is 0 Å². The van der Waals surface area contributed by atoms with Gasteiger partial charge in [0.1, 0.15) is 0 Å². The van der Waals surface area contributed by atoms with E-state index in [4.69, 9.17) is 0 Å². The molecule has 1 aromatic rings. The normalized spacial score (nSPS) is 7.30. The first-order valence-corrected chi connectivity index (χ1v) is 2.76. The van der Waals surface area contributed by atoms with E-state index in [-0.39, 0.29) is 36.5 Å². The third kappa shape index (κ3) is 4.19. The minimum atomic E-state index is 0. The van der Waals surface area contributed by atoms with E-state index in [9.17, 15) is 0 Å². The van der Waals surface area contributed by atoms with Gasteiger partial charge >= 0.3 is 0 Å². The fourth-order valence-corrected chi connectivity index (χ4v) is 0.645. The van der Waals surface area contributed by atoms with Crippen LogP contribution in [0.5, 0.6) is 0 Å². The van der Waals surface area contributed by atoms with Crippen molar-refractivity contribution in [3.63, 3.8) is 0 Å². The monoisotopic (exact) mass is 248 g/mol. The molecule has 10 heavy (non-hydrogen) atoms.